The zero-order chi connectivity index (χ0) is 31.2. The maximum Gasteiger partial charge on any atom is 0.317 e. The Balaban J connectivity index is 1.32. The summed E-state index contributed by atoms with van der Waals surface area (Å²) in [5, 5.41) is 3.43. The van der Waals surface area contributed by atoms with E-state index in [0.717, 1.165) is 57.8 Å². The number of fused-ring (bicyclic) bond motifs is 7. The first-order valence-electron chi connectivity index (χ1n) is 17.0. The molecule has 1 aliphatic heterocycles. The summed E-state index contributed by atoms with van der Waals surface area (Å²) >= 11 is 0. The maximum atomic E-state index is 14.6. The lowest BCUT2D eigenvalue weighted by Gasteiger charge is -2.70. The van der Waals surface area contributed by atoms with Gasteiger partial charge in [0.05, 0.1) is 25.7 Å². The molecule has 0 radical (unpaired) electrons. The van der Waals surface area contributed by atoms with Crippen molar-refractivity contribution in [3.8, 4) is 0 Å². The van der Waals surface area contributed by atoms with Gasteiger partial charge in [-0.15, -0.1) is 0 Å². The lowest BCUT2D eigenvalue weighted by molar-refractivity contribution is -0.189. The first kappa shape index (κ1) is 31.1. The van der Waals surface area contributed by atoms with E-state index < -0.39 is 5.41 Å². The van der Waals surface area contributed by atoms with Crippen LogP contribution >= 0.6 is 0 Å². The number of nitrogens with zero attached hydrogens (tertiary/aromatic N) is 1. The van der Waals surface area contributed by atoms with E-state index in [0.29, 0.717) is 38.0 Å². The Morgan fingerprint density at radius 3 is 2.28 bits per heavy atom. The SMILES string of the molecule is COC(=O)[C@@]1(C)CC[C@]2(C)CC[C@]3(C)C(=CC(=O)[C@H]4[C@@]5(C)CC[C@H](NC(=O)N6CCOCC6)C(C)(C)[C@H]5CC[C@@]43C)[C@H]2C1. The summed E-state index contributed by atoms with van der Waals surface area (Å²) in [6.07, 6.45) is 10.9. The largest absolute Gasteiger partial charge is 0.469 e. The second-order valence-corrected chi connectivity index (χ2v) is 17.2. The van der Waals surface area contributed by atoms with Gasteiger partial charge in [-0.05, 0) is 110 Å². The number of esters is 1. The van der Waals surface area contributed by atoms with E-state index in [2.05, 4.69) is 59.9 Å². The number of methoxy groups -OCH3 is 1. The van der Waals surface area contributed by atoms with Crippen LogP contribution in [-0.2, 0) is 19.1 Å². The van der Waals surface area contributed by atoms with Crippen LogP contribution in [0.15, 0.2) is 11.6 Å². The molecule has 2 amide bonds. The van der Waals surface area contributed by atoms with Crippen molar-refractivity contribution in [2.45, 2.75) is 112 Å². The zero-order valence-corrected chi connectivity index (χ0v) is 28.1. The first-order chi connectivity index (χ1) is 20.1. The number of hydrogen-bond acceptors (Lipinski definition) is 5. The van der Waals surface area contributed by atoms with E-state index >= 15 is 0 Å². The molecule has 43 heavy (non-hydrogen) atoms. The number of ether oxygens (including phenoxy) is 2. The van der Waals surface area contributed by atoms with Gasteiger partial charge >= 0.3 is 12.0 Å². The Morgan fingerprint density at radius 2 is 1.60 bits per heavy atom. The fourth-order valence-corrected chi connectivity index (χ4v) is 11.9. The summed E-state index contributed by atoms with van der Waals surface area (Å²) in [6.45, 7) is 18.9. The van der Waals surface area contributed by atoms with Crippen molar-refractivity contribution in [2.75, 3.05) is 33.4 Å². The maximum absolute atomic E-state index is 14.6. The van der Waals surface area contributed by atoms with Crippen LogP contribution in [0.25, 0.3) is 0 Å². The monoisotopic (exact) mass is 596 g/mol. The summed E-state index contributed by atoms with van der Waals surface area (Å²) in [4.78, 5) is 42.7. The topological polar surface area (TPSA) is 84.9 Å². The number of urea groups is 1. The van der Waals surface area contributed by atoms with Crippen LogP contribution in [0.4, 0.5) is 4.79 Å². The van der Waals surface area contributed by atoms with E-state index in [1.807, 2.05) is 4.90 Å². The highest BCUT2D eigenvalue weighted by atomic mass is 16.5. The lowest BCUT2D eigenvalue weighted by atomic mass is 9.33. The highest BCUT2D eigenvalue weighted by Gasteiger charge is 2.70. The van der Waals surface area contributed by atoms with E-state index in [1.165, 1.54) is 12.7 Å². The van der Waals surface area contributed by atoms with Crippen molar-refractivity contribution in [1.29, 1.82) is 0 Å². The van der Waals surface area contributed by atoms with Crippen LogP contribution in [0.2, 0.25) is 0 Å². The number of carbonyl (C=O) groups is 3. The van der Waals surface area contributed by atoms with Gasteiger partial charge in [0, 0.05) is 25.0 Å². The predicted octanol–water partition coefficient (Wildman–Crippen LogP) is 6.55. The molecule has 4 saturated carbocycles. The summed E-state index contributed by atoms with van der Waals surface area (Å²) < 4.78 is 10.8. The van der Waals surface area contributed by atoms with Crippen LogP contribution in [0, 0.1) is 50.2 Å². The Bertz CT molecular complexity index is 1220. The molecule has 0 aromatic carbocycles. The molecule has 5 aliphatic carbocycles. The van der Waals surface area contributed by atoms with E-state index in [-0.39, 0.29) is 57.0 Å². The van der Waals surface area contributed by atoms with Gasteiger partial charge in [0.1, 0.15) is 0 Å². The number of rotatable bonds is 2. The molecule has 0 aromatic heterocycles. The molecule has 5 fully saturated rings. The number of nitrogens with one attached hydrogen (secondary N) is 1. The standard InChI is InChI=1S/C36H56N2O5/c1-31(2)26-9-12-36(7)28(34(26,5)11-10-27(31)37-30(41)38-17-19-43-20-18-38)25(39)21-23-24-22-33(4,29(40)42-8)14-13-32(24,3)15-16-35(23,36)6/h21,24,26-28H,9-20,22H2,1-8H3,(H,37,41)/t24-,26-,27+,28+,32-,33+,34+,35-,36+/m1/s1. The normalized spacial score (nSPS) is 47.2. The molecule has 0 aromatic rings. The molecule has 1 saturated heterocycles. The van der Waals surface area contributed by atoms with E-state index in [1.54, 1.807) is 0 Å². The van der Waals surface area contributed by atoms with Crippen LogP contribution < -0.4 is 5.32 Å². The highest BCUT2D eigenvalue weighted by molar-refractivity contribution is 5.95. The summed E-state index contributed by atoms with van der Waals surface area (Å²) in [5.74, 6) is 0.724. The third kappa shape index (κ3) is 4.32. The quantitative estimate of drug-likeness (QED) is 0.366. The molecular weight excluding hydrogens is 540 g/mol. The molecule has 9 atom stereocenters. The predicted molar refractivity (Wildman–Crippen MR) is 166 cm³/mol. The number of carbonyl (C=O) groups excluding carboxylic acids is 3. The summed E-state index contributed by atoms with van der Waals surface area (Å²) in [7, 11) is 1.50. The number of morpholine rings is 1. The molecule has 1 N–H and O–H groups in total. The first-order valence-corrected chi connectivity index (χ1v) is 17.0. The fourth-order valence-electron chi connectivity index (χ4n) is 11.9. The van der Waals surface area contributed by atoms with Crippen molar-refractivity contribution >= 4 is 17.8 Å². The van der Waals surface area contributed by atoms with Gasteiger partial charge in [-0.25, -0.2) is 4.79 Å². The van der Waals surface area contributed by atoms with Gasteiger partial charge < -0.3 is 19.7 Å². The molecule has 7 heteroatoms. The molecular formula is C36H56N2O5. The molecule has 1 heterocycles. The Morgan fingerprint density at radius 1 is 0.930 bits per heavy atom. The van der Waals surface area contributed by atoms with Crippen molar-refractivity contribution in [2.24, 2.45) is 50.2 Å². The van der Waals surface area contributed by atoms with Gasteiger partial charge in [-0.1, -0.05) is 47.1 Å². The summed E-state index contributed by atoms with van der Waals surface area (Å²) in [5.41, 5.74) is 0.459. The third-order valence-corrected chi connectivity index (χ3v) is 14.9. The molecule has 0 unspecified atom stereocenters. The van der Waals surface area contributed by atoms with Gasteiger partial charge in [-0.2, -0.15) is 0 Å². The minimum absolute atomic E-state index is 0.0242. The molecule has 6 aliphatic rings. The zero-order valence-electron chi connectivity index (χ0n) is 28.1. The third-order valence-electron chi connectivity index (χ3n) is 14.9. The van der Waals surface area contributed by atoms with Gasteiger partial charge in [-0.3, -0.25) is 9.59 Å². The fraction of sp³-hybridized carbons (Fsp3) is 0.861. The van der Waals surface area contributed by atoms with Gasteiger partial charge in [0.25, 0.3) is 0 Å². The smallest absolute Gasteiger partial charge is 0.317 e. The second kappa shape index (κ2) is 10.1. The van der Waals surface area contributed by atoms with Crippen molar-refractivity contribution in [1.82, 2.24) is 10.2 Å². The Hall–Kier alpha value is -1.89. The molecule has 6 rings (SSSR count). The lowest BCUT2D eigenvalue weighted by Crippen LogP contribution is -2.68. The van der Waals surface area contributed by atoms with Crippen molar-refractivity contribution in [3.05, 3.63) is 11.6 Å². The minimum atomic E-state index is -0.503. The van der Waals surface area contributed by atoms with Gasteiger partial charge in [0.2, 0.25) is 0 Å². The molecule has 0 spiro atoms. The van der Waals surface area contributed by atoms with E-state index in [9.17, 15) is 14.4 Å². The number of ketones is 1. The van der Waals surface area contributed by atoms with Crippen LogP contribution in [-0.4, -0.2) is 62.1 Å². The Kier molecular flexibility index (Phi) is 7.27. The summed E-state index contributed by atoms with van der Waals surface area (Å²) in [6, 6.07) is 0.107. The minimum Gasteiger partial charge on any atom is -0.469 e. The average molecular weight is 597 g/mol. The van der Waals surface area contributed by atoms with Crippen molar-refractivity contribution < 1.29 is 23.9 Å². The van der Waals surface area contributed by atoms with Crippen LogP contribution in [0.5, 0.6) is 0 Å². The van der Waals surface area contributed by atoms with Gasteiger partial charge in [0.15, 0.2) is 5.78 Å². The highest BCUT2D eigenvalue weighted by Crippen LogP contribution is 2.75. The van der Waals surface area contributed by atoms with Crippen molar-refractivity contribution in [3.63, 3.8) is 0 Å². The Labute approximate surface area is 259 Å². The molecule has 0 bridgehead atoms. The number of allylic oxidation sites excluding steroid dienone is 2. The number of amides is 2. The van der Waals surface area contributed by atoms with Crippen LogP contribution in [0.1, 0.15) is 106 Å². The van der Waals surface area contributed by atoms with E-state index in [4.69, 9.17) is 9.47 Å². The molecule has 240 valence electrons. The van der Waals surface area contributed by atoms with Crippen LogP contribution in [0.3, 0.4) is 0 Å². The average Bonchev–Trinajstić information content (AvgIpc) is 2.96. The number of hydrogen-bond donors (Lipinski definition) is 1. The molecule has 7 nitrogen and oxygen atoms in total. The second-order valence-electron chi connectivity index (χ2n) is 17.2.